The molecule has 0 aliphatic carbocycles. The van der Waals surface area contributed by atoms with Crippen LogP contribution in [0.1, 0.15) is 34.6 Å². The van der Waals surface area contributed by atoms with Crippen molar-refractivity contribution in [2.24, 2.45) is 11.8 Å². The van der Waals surface area contributed by atoms with Crippen molar-refractivity contribution < 1.29 is 14.3 Å². The van der Waals surface area contributed by atoms with Crippen LogP contribution in [0, 0.1) is 11.8 Å². The summed E-state index contributed by atoms with van der Waals surface area (Å²) >= 11 is 0. The van der Waals surface area contributed by atoms with Gasteiger partial charge in [-0.05, 0) is 18.8 Å². The van der Waals surface area contributed by atoms with Gasteiger partial charge in [0.1, 0.15) is 6.04 Å². The average Bonchev–Trinajstić information content (AvgIpc) is 2.32. The molecule has 0 aromatic rings. The largest absolute Gasteiger partial charge is 0.453 e. The van der Waals surface area contributed by atoms with E-state index in [1.54, 1.807) is 11.9 Å². The summed E-state index contributed by atoms with van der Waals surface area (Å²) in [5.74, 6) is 0.292. The molecule has 0 aliphatic rings. The minimum Gasteiger partial charge on any atom is -0.453 e. The number of hydrogen-bond donors (Lipinski definition) is 1. The van der Waals surface area contributed by atoms with Gasteiger partial charge in [-0.25, -0.2) is 4.79 Å². The minimum absolute atomic E-state index is 0.0124. The molecule has 5 heteroatoms. The van der Waals surface area contributed by atoms with Crippen molar-refractivity contribution in [2.45, 2.75) is 46.7 Å². The first-order valence-corrected chi connectivity index (χ1v) is 6.33. The molecule has 0 radical (unpaired) electrons. The van der Waals surface area contributed by atoms with E-state index in [4.69, 9.17) is 0 Å². The van der Waals surface area contributed by atoms with E-state index in [9.17, 15) is 9.59 Å². The van der Waals surface area contributed by atoms with E-state index in [-0.39, 0.29) is 17.9 Å². The Hall–Kier alpha value is -1.26. The van der Waals surface area contributed by atoms with Crippen LogP contribution >= 0.6 is 0 Å². The van der Waals surface area contributed by atoms with E-state index < -0.39 is 12.1 Å². The smallest absolute Gasteiger partial charge is 0.407 e. The molecule has 0 rings (SSSR count). The Labute approximate surface area is 110 Å². The highest BCUT2D eigenvalue weighted by atomic mass is 16.5. The molecule has 0 aliphatic heterocycles. The lowest BCUT2D eigenvalue weighted by molar-refractivity contribution is -0.135. The third-order valence-electron chi connectivity index (χ3n) is 3.31. The SMILES string of the molecule is COC(=O)N[C@H](C(=O)N(C)[C@H](C)C(C)C)C(C)C. The second kappa shape index (κ2) is 7.24. The maximum Gasteiger partial charge on any atom is 0.407 e. The van der Waals surface area contributed by atoms with Crippen LogP contribution in [-0.4, -0.2) is 43.1 Å². The number of likely N-dealkylation sites (N-methyl/N-ethyl adjacent to an activating group) is 1. The van der Waals surface area contributed by atoms with E-state index in [0.717, 1.165) is 0 Å². The number of nitrogens with one attached hydrogen (secondary N) is 1. The van der Waals surface area contributed by atoms with Gasteiger partial charge in [-0.2, -0.15) is 0 Å². The van der Waals surface area contributed by atoms with Crippen LogP contribution < -0.4 is 5.32 Å². The summed E-state index contributed by atoms with van der Waals surface area (Å²) in [5.41, 5.74) is 0. The standard InChI is InChI=1S/C13H26N2O3/c1-8(2)10(5)15(6)12(16)11(9(3)4)14-13(17)18-7/h8-11H,1-7H3,(H,14,17)/t10-,11+/m1/s1. The second-order valence-corrected chi connectivity index (χ2v) is 5.29. The quantitative estimate of drug-likeness (QED) is 0.819. The molecule has 0 heterocycles. The first kappa shape index (κ1) is 16.7. The summed E-state index contributed by atoms with van der Waals surface area (Å²) in [6.07, 6.45) is -0.576. The topological polar surface area (TPSA) is 58.6 Å². The molecule has 2 atom stereocenters. The number of methoxy groups -OCH3 is 1. The first-order chi connectivity index (χ1) is 8.22. The van der Waals surface area contributed by atoms with Crippen LogP contribution in [-0.2, 0) is 9.53 Å². The predicted octanol–water partition coefficient (Wildman–Crippen LogP) is 1.87. The van der Waals surface area contributed by atoms with Gasteiger partial charge >= 0.3 is 6.09 Å². The van der Waals surface area contributed by atoms with Gasteiger partial charge in [0.2, 0.25) is 5.91 Å². The predicted molar refractivity (Wildman–Crippen MR) is 71.2 cm³/mol. The summed E-state index contributed by atoms with van der Waals surface area (Å²) in [7, 11) is 3.05. The van der Waals surface area contributed by atoms with Crippen LogP contribution in [0.2, 0.25) is 0 Å². The number of carbonyl (C=O) groups is 2. The summed E-state index contributed by atoms with van der Waals surface area (Å²) in [6.45, 7) is 9.91. The fourth-order valence-corrected chi connectivity index (χ4v) is 1.57. The zero-order chi connectivity index (χ0) is 14.5. The van der Waals surface area contributed by atoms with E-state index in [2.05, 4.69) is 23.9 Å². The average molecular weight is 258 g/mol. The van der Waals surface area contributed by atoms with Crippen molar-refractivity contribution >= 4 is 12.0 Å². The summed E-state index contributed by atoms with van der Waals surface area (Å²) in [6, 6.07) is -0.429. The van der Waals surface area contributed by atoms with Crippen LogP contribution in [0.5, 0.6) is 0 Å². The molecule has 0 fully saturated rings. The fourth-order valence-electron chi connectivity index (χ4n) is 1.57. The van der Waals surface area contributed by atoms with Gasteiger partial charge in [-0.3, -0.25) is 4.79 Å². The third kappa shape index (κ3) is 4.55. The monoisotopic (exact) mass is 258 g/mol. The maximum absolute atomic E-state index is 12.3. The molecular weight excluding hydrogens is 232 g/mol. The second-order valence-electron chi connectivity index (χ2n) is 5.29. The molecule has 0 saturated carbocycles. The summed E-state index contributed by atoms with van der Waals surface area (Å²) < 4.78 is 4.55. The van der Waals surface area contributed by atoms with E-state index >= 15 is 0 Å². The van der Waals surface area contributed by atoms with Crippen LogP contribution in [0.15, 0.2) is 0 Å². The van der Waals surface area contributed by atoms with E-state index in [0.29, 0.717) is 5.92 Å². The zero-order valence-electron chi connectivity index (χ0n) is 12.5. The highest BCUT2D eigenvalue weighted by molar-refractivity contribution is 5.86. The summed E-state index contributed by atoms with van der Waals surface area (Å²) in [4.78, 5) is 25.3. The molecule has 0 aromatic carbocycles. The maximum atomic E-state index is 12.3. The lowest BCUT2D eigenvalue weighted by Crippen LogP contribution is -2.53. The lowest BCUT2D eigenvalue weighted by Gasteiger charge is -2.32. The normalized spacial score (nSPS) is 14.3. The van der Waals surface area contributed by atoms with Crippen molar-refractivity contribution in [1.29, 1.82) is 0 Å². The first-order valence-electron chi connectivity index (χ1n) is 6.33. The van der Waals surface area contributed by atoms with E-state index in [1.807, 2.05) is 20.8 Å². The number of nitrogens with zero attached hydrogens (tertiary/aromatic N) is 1. The molecule has 0 bridgehead atoms. The van der Waals surface area contributed by atoms with Gasteiger partial charge in [0.05, 0.1) is 7.11 Å². The highest BCUT2D eigenvalue weighted by Gasteiger charge is 2.30. The van der Waals surface area contributed by atoms with Gasteiger partial charge in [0.25, 0.3) is 0 Å². The Morgan fingerprint density at radius 3 is 1.89 bits per heavy atom. The molecule has 2 amide bonds. The molecule has 0 spiro atoms. The Bertz CT molecular complexity index is 290. The molecule has 0 unspecified atom stereocenters. The Kier molecular flexibility index (Phi) is 6.73. The number of rotatable bonds is 5. The van der Waals surface area contributed by atoms with Gasteiger partial charge < -0.3 is 15.0 Å². The van der Waals surface area contributed by atoms with Crippen LogP contribution in [0.25, 0.3) is 0 Å². The van der Waals surface area contributed by atoms with E-state index in [1.165, 1.54) is 7.11 Å². The Morgan fingerprint density at radius 1 is 1.06 bits per heavy atom. The van der Waals surface area contributed by atoms with Crippen molar-refractivity contribution in [3.63, 3.8) is 0 Å². The Morgan fingerprint density at radius 2 is 1.56 bits per heavy atom. The molecule has 18 heavy (non-hydrogen) atoms. The number of hydrogen-bond acceptors (Lipinski definition) is 3. The van der Waals surface area contributed by atoms with Crippen LogP contribution in [0.3, 0.4) is 0 Å². The third-order valence-corrected chi connectivity index (χ3v) is 3.31. The number of amides is 2. The molecule has 1 N–H and O–H groups in total. The highest BCUT2D eigenvalue weighted by Crippen LogP contribution is 2.12. The van der Waals surface area contributed by atoms with Gasteiger partial charge in [-0.1, -0.05) is 27.7 Å². The number of carbonyl (C=O) groups excluding carboxylic acids is 2. The molecule has 0 saturated heterocycles. The minimum atomic E-state index is -0.576. The number of ether oxygens (including phenoxy) is 1. The van der Waals surface area contributed by atoms with Gasteiger partial charge in [0, 0.05) is 13.1 Å². The van der Waals surface area contributed by atoms with Crippen LogP contribution in [0.4, 0.5) is 4.79 Å². The molecule has 0 aromatic heterocycles. The zero-order valence-corrected chi connectivity index (χ0v) is 12.5. The Balaban J connectivity index is 4.81. The van der Waals surface area contributed by atoms with Gasteiger partial charge in [0.15, 0.2) is 0 Å². The van der Waals surface area contributed by atoms with Crippen molar-refractivity contribution in [1.82, 2.24) is 10.2 Å². The lowest BCUT2D eigenvalue weighted by atomic mass is 10.00. The molecule has 106 valence electrons. The van der Waals surface area contributed by atoms with Crippen molar-refractivity contribution in [3.05, 3.63) is 0 Å². The number of alkyl carbamates (subject to hydrolysis) is 1. The van der Waals surface area contributed by atoms with Crippen molar-refractivity contribution in [3.8, 4) is 0 Å². The molecular formula is C13H26N2O3. The van der Waals surface area contributed by atoms with Gasteiger partial charge in [-0.15, -0.1) is 0 Å². The summed E-state index contributed by atoms with van der Waals surface area (Å²) in [5, 5.41) is 2.59. The fraction of sp³-hybridized carbons (Fsp3) is 0.846. The van der Waals surface area contributed by atoms with Crippen molar-refractivity contribution in [2.75, 3.05) is 14.2 Å². The molecule has 5 nitrogen and oxygen atoms in total.